The number of thiocarbonyl (C=S) groups is 1. The molecule has 0 radical (unpaired) electrons. The highest BCUT2D eigenvalue weighted by molar-refractivity contribution is 7.80. The van der Waals surface area contributed by atoms with Gasteiger partial charge in [0.25, 0.3) is 5.91 Å². The van der Waals surface area contributed by atoms with Crippen LogP contribution in [0.2, 0.25) is 0 Å². The van der Waals surface area contributed by atoms with E-state index in [-0.39, 0.29) is 11.8 Å². The van der Waals surface area contributed by atoms with Gasteiger partial charge in [0.1, 0.15) is 5.56 Å². The average Bonchev–Trinajstić information content (AvgIpc) is 2.91. The number of carbonyl (C=O) groups excluding carboxylic acids is 1. The number of amides is 1. The Morgan fingerprint density at radius 1 is 1.29 bits per heavy atom. The van der Waals surface area contributed by atoms with Crippen molar-refractivity contribution in [3.63, 3.8) is 0 Å². The van der Waals surface area contributed by atoms with Crippen LogP contribution in [0.5, 0.6) is 0 Å². The molecule has 3 N–H and O–H groups in total. The number of hydrogen-bond donors (Lipinski definition) is 3. The van der Waals surface area contributed by atoms with Crippen LogP contribution < -0.4 is 16.2 Å². The van der Waals surface area contributed by atoms with Gasteiger partial charge in [-0.1, -0.05) is 45.7 Å². The Morgan fingerprint density at radius 3 is 2.67 bits per heavy atom. The lowest BCUT2D eigenvalue weighted by Crippen LogP contribution is -2.52. The van der Waals surface area contributed by atoms with Crippen LogP contribution >= 0.6 is 12.2 Å². The third-order valence-electron chi connectivity index (χ3n) is 4.95. The van der Waals surface area contributed by atoms with E-state index in [0.717, 1.165) is 6.42 Å². The summed E-state index contributed by atoms with van der Waals surface area (Å²) in [6.45, 7) is 10.2. The summed E-state index contributed by atoms with van der Waals surface area (Å²) in [4.78, 5) is 12.4. The summed E-state index contributed by atoms with van der Waals surface area (Å²) in [5, 5.41) is 7.64. The number of aryl methyl sites for hydroxylation is 1. The van der Waals surface area contributed by atoms with E-state index in [1.165, 1.54) is 12.8 Å². The van der Waals surface area contributed by atoms with Crippen LogP contribution in [0.25, 0.3) is 0 Å². The molecule has 7 heteroatoms. The fraction of sp³-hybridized carbons (Fsp3) is 0.706. The molecule has 134 valence electrons. The maximum Gasteiger partial charge on any atom is 0.275 e. The first-order chi connectivity index (χ1) is 11.3. The van der Waals surface area contributed by atoms with Gasteiger partial charge >= 0.3 is 0 Å². The van der Waals surface area contributed by atoms with E-state index >= 15 is 0 Å². The molecule has 0 bridgehead atoms. The van der Waals surface area contributed by atoms with Crippen molar-refractivity contribution in [3.8, 4) is 0 Å². The number of hydrazine groups is 1. The first-order valence-electron chi connectivity index (χ1n) is 8.64. The van der Waals surface area contributed by atoms with Crippen molar-refractivity contribution >= 4 is 23.2 Å². The van der Waals surface area contributed by atoms with Crippen molar-refractivity contribution in [1.29, 1.82) is 0 Å². The quantitative estimate of drug-likeness (QED) is 0.573. The van der Waals surface area contributed by atoms with E-state index in [1.54, 1.807) is 6.92 Å². The van der Waals surface area contributed by atoms with Gasteiger partial charge in [-0.05, 0) is 37.4 Å². The van der Waals surface area contributed by atoms with E-state index in [0.29, 0.717) is 40.0 Å². The van der Waals surface area contributed by atoms with Gasteiger partial charge in [-0.25, -0.2) is 0 Å². The lowest BCUT2D eigenvalue weighted by atomic mass is 9.78. The van der Waals surface area contributed by atoms with Crippen LogP contribution in [0.4, 0.5) is 0 Å². The topological polar surface area (TPSA) is 79.2 Å². The average molecular weight is 353 g/mol. The lowest BCUT2D eigenvalue weighted by molar-refractivity contribution is 0.0940. The molecule has 0 unspecified atom stereocenters. The lowest BCUT2D eigenvalue weighted by Gasteiger charge is -2.35. The molecule has 0 spiro atoms. The third kappa shape index (κ3) is 4.26. The standard InChI is InChI=1S/C17H28N4O2S/c1-9(2)15-14(12(5)21-23-15)16(22)19-20-17(24)18-13-8-6-7-10(3)11(13)4/h9-11,13H,6-8H2,1-5H3,(H,19,22)(H2,18,20,24)/t10-,11-,13+/m0/s1. The smallest absolute Gasteiger partial charge is 0.275 e. The Labute approximate surface area is 149 Å². The van der Waals surface area contributed by atoms with Gasteiger partial charge in [0.2, 0.25) is 0 Å². The number of carbonyl (C=O) groups is 1. The molecule has 1 saturated carbocycles. The molecule has 24 heavy (non-hydrogen) atoms. The monoisotopic (exact) mass is 352 g/mol. The first kappa shape index (κ1) is 18.7. The fourth-order valence-electron chi connectivity index (χ4n) is 3.22. The van der Waals surface area contributed by atoms with Gasteiger partial charge in [-0.2, -0.15) is 0 Å². The van der Waals surface area contributed by atoms with Crippen molar-refractivity contribution in [3.05, 3.63) is 17.0 Å². The SMILES string of the molecule is Cc1noc(C(C)C)c1C(=O)NNC(=S)N[C@@H]1CCC[C@H](C)[C@@H]1C. The molecular formula is C17H28N4O2S. The van der Waals surface area contributed by atoms with Crippen molar-refractivity contribution < 1.29 is 9.32 Å². The summed E-state index contributed by atoms with van der Waals surface area (Å²) in [7, 11) is 0. The van der Waals surface area contributed by atoms with Gasteiger partial charge < -0.3 is 9.84 Å². The van der Waals surface area contributed by atoms with Crippen LogP contribution in [-0.4, -0.2) is 22.2 Å². The Bertz CT molecular complexity index is 599. The van der Waals surface area contributed by atoms with Crippen LogP contribution in [0, 0.1) is 18.8 Å². The van der Waals surface area contributed by atoms with Gasteiger partial charge in [0.05, 0.1) is 5.69 Å². The van der Waals surface area contributed by atoms with Gasteiger partial charge in [-0.3, -0.25) is 15.6 Å². The highest BCUT2D eigenvalue weighted by Crippen LogP contribution is 2.29. The zero-order valence-electron chi connectivity index (χ0n) is 15.1. The molecule has 1 aliphatic rings. The van der Waals surface area contributed by atoms with E-state index in [9.17, 15) is 4.79 Å². The second-order valence-electron chi connectivity index (χ2n) is 7.09. The second-order valence-corrected chi connectivity index (χ2v) is 7.50. The first-order valence-corrected chi connectivity index (χ1v) is 9.05. The Hall–Kier alpha value is -1.63. The molecule has 0 aromatic carbocycles. The van der Waals surface area contributed by atoms with Gasteiger partial charge in [0, 0.05) is 12.0 Å². The van der Waals surface area contributed by atoms with E-state index in [4.69, 9.17) is 16.7 Å². The van der Waals surface area contributed by atoms with Crippen molar-refractivity contribution in [2.75, 3.05) is 0 Å². The summed E-state index contributed by atoms with van der Waals surface area (Å²) < 4.78 is 5.25. The zero-order valence-corrected chi connectivity index (χ0v) is 15.9. The molecular weight excluding hydrogens is 324 g/mol. The number of nitrogens with one attached hydrogen (secondary N) is 3. The minimum Gasteiger partial charge on any atom is -0.360 e. The molecule has 0 aliphatic heterocycles. The minimum atomic E-state index is -0.285. The molecule has 1 aromatic heterocycles. The van der Waals surface area contributed by atoms with Gasteiger partial charge in [-0.15, -0.1) is 0 Å². The summed E-state index contributed by atoms with van der Waals surface area (Å²) in [6, 6.07) is 0.342. The Balaban J connectivity index is 1.90. The predicted molar refractivity (Wildman–Crippen MR) is 97.6 cm³/mol. The van der Waals surface area contributed by atoms with Crippen LogP contribution in [0.1, 0.15) is 74.7 Å². The number of hydrogen-bond acceptors (Lipinski definition) is 4. The molecule has 1 heterocycles. The highest BCUT2D eigenvalue weighted by atomic mass is 32.1. The highest BCUT2D eigenvalue weighted by Gasteiger charge is 2.27. The molecule has 1 aliphatic carbocycles. The Kier molecular flexibility index (Phi) is 6.21. The predicted octanol–water partition coefficient (Wildman–Crippen LogP) is 3.04. The van der Waals surface area contributed by atoms with Crippen LogP contribution in [-0.2, 0) is 0 Å². The van der Waals surface area contributed by atoms with Gasteiger partial charge in [0.15, 0.2) is 10.9 Å². The van der Waals surface area contributed by atoms with Crippen LogP contribution in [0.3, 0.4) is 0 Å². The molecule has 1 amide bonds. The van der Waals surface area contributed by atoms with E-state index in [1.807, 2.05) is 13.8 Å². The van der Waals surface area contributed by atoms with E-state index < -0.39 is 0 Å². The molecule has 3 atom stereocenters. The number of aromatic nitrogens is 1. The molecule has 2 rings (SSSR count). The van der Waals surface area contributed by atoms with Crippen molar-refractivity contribution in [2.45, 2.75) is 65.8 Å². The molecule has 1 aromatic rings. The van der Waals surface area contributed by atoms with Crippen molar-refractivity contribution in [1.82, 2.24) is 21.3 Å². The van der Waals surface area contributed by atoms with Crippen molar-refractivity contribution in [2.24, 2.45) is 11.8 Å². The number of nitrogens with zero attached hydrogens (tertiary/aromatic N) is 1. The summed E-state index contributed by atoms with van der Waals surface area (Å²) in [5.74, 6) is 1.62. The van der Waals surface area contributed by atoms with E-state index in [2.05, 4.69) is 35.2 Å². The van der Waals surface area contributed by atoms with Crippen LogP contribution in [0.15, 0.2) is 4.52 Å². The molecule has 0 saturated heterocycles. The summed E-state index contributed by atoms with van der Waals surface area (Å²) in [5.41, 5.74) is 6.49. The second kappa shape index (κ2) is 7.96. The molecule has 6 nitrogen and oxygen atoms in total. The normalized spacial score (nSPS) is 23.8. The maximum atomic E-state index is 12.4. The summed E-state index contributed by atoms with van der Waals surface area (Å²) >= 11 is 5.32. The number of rotatable bonds is 3. The molecule has 1 fully saturated rings. The zero-order chi connectivity index (χ0) is 17.9. The third-order valence-corrected chi connectivity index (χ3v) is 5.17. The largest absolute Gasteiger partial charge is 0.360 e. The minimum absolute atomic E-state index is 0.0848. The summed E-state index contributed by atoms with van der Waals surface area (Å²) in [6.07, 6.45) is 3.57. The maximum absolute atomic E-state index is 12.4. The fourth-order valence-corrected chi connectivity index (χ4v) is 3.43. The Morgan fingerprint density at radius 2 is 2.00 bits per heavy atom.